The van der Waals surface area contributed by atoms with E-state index in [2.05, 4.69) is 34.3 Å². The maximum absolute atomic E-state index is 4.54. The van der Waals surface area contributed by atoms with Crippen molar-refractivity contribution in [2.45, 2.75) is 51.2 Å². The zero-order valence-corrected chi connectivity index (χ0v) is 11.2. The molecule has 0 spiro atoms. The third-order valence-corrected chi connectivity index (χ3v) is 4.31. The van der Waals surface area contributed by atoms with E-state index in [0.717, 1.165) is 18.6 Å². The normalized spacial score (nSPS) is 28.9. The third-order valence-electron chi connectivity index (χ3n) is 4.31. The van der Waals surface area contributed by atoms with Crippen LogP contribution in [0.2, 0.25) is 0 Å². The van der Waals surface area contributed by atoms with E-state index in [1.807, 2.05) is 6.20 Å². The molecule has 1 aromatic rings. The summed E-state index contributed by atoms with van der Waals surface area (Å²) in [6.07, 6.45) is 7.37. The van der Waals surface area contributed by atoms with Crippen molar-refractivity contribution in [1.29, 1.82) is 0 Å². The number of aryl methyl sites for hydroxylation is 1. The predicted molar refractivity (Wildman–Crippen MR) is 73.4 cm³/mol. The zero-order chi connectivity index (χ0) is 12.4. The summed E-state index contributed by atoms with van der Waals surface area (Å²) in [5.74, 6) is 0. The van der Waals surface area contributed by atoms with E-state index in [4.69, 9.17) is 0 Å². The maximum atomic E-state index is 4.54. The average Bonchev–Trinajstić information content (AvgIpc) is 3.02. The summed E-state index contributed by atoms with van der Waals surface area (Å²) in [7, 11) is 0. The molecule has 0 aliphatic carbocycles. The lowest BCUT2D eigenvalue weighted by atomic mass is 10.0. The van der Waals surface area contributed by atoms with Crippen LogP contribution in [0.3, 0.4) is 0 Å². The first kappa shape index (κ1) is 12.1. The van der Waals surface area contributed by atoms with E-state index in [-0.39, 0.29) is 0 Å². The minimum absolute atomic E-state index is 0.720. The van der Waals surface area contributed by atoms with Gasteiger partial charge in [0.15, 0.2) is 0 Å². The molecule has 3 nitrogen and oxygen atoms in total. The van der Waals surface area contributed by atoms with Crippen LogP contribution in [0.25, 0.3) is 0 Å². The lowest BCUT2D eigenvalue weighted by molar-refractivity contribution is 0.204. The van der Waals surface area contributed by atoms with E-state index in [9.17, 15) is 0 Å². The Hall–Kier alpha value is -0.930. The lowest BCUT2D eigenvalue weighted by Gasteiger charge is -2.29. The quantitative estimate of drug-likeness (QED) is 0.884. The molecular formula is C15H23N3. The van der Waals surface area contributed by atoms with Crippen LogP contribution in [0, 0.1) is 6.92 Å². The maximum Gasteiger partial charge on any atom is 0.0544 e. The van der Waals surface area contributed by atoms with E-state index >= 15 is 0 Å². The van der Waals surface area contributed by atoms with Crippen LogP contribution in [0.4, 0.5) is 0 Å². The first-order valence-electron chi connectivity index (χ1n) is 7.22. The largest absolute Gasteiger partial charge is 0.312 e. The first-order chi connectivity index (χ1) is 8.83. The Labute approximate surface area is 110 Å². The van der Waals surface area contributed by atoms with Crippen LogP contribution in [0.15, 0.2) is 18.3 Å². The van der Waals surface area contributed by atoms with Crippen molar-refractivity contribution >= 4 is 0 Å². The number of pyridine rings is 1. The second-order valence-electron chi connectivity index (χ2n) is 5.71. The Balaban J connectivity index is 1.65. The molecule has 0 bridgehead atoms. The van der Waals surface area contributed by atoms with Gasteiger partial charge in [0.2, 0.25) is 0 Å². The van der Waals surface area contributed by atoms with Gasteiger partial charge in [0.05, 0.1) is 5.69 Å². The number of likely N-dealkylation sites (tertiary alicyclic amines) is 1. The van der Waals surface area contributed by atoms with Gasteiger partial charge in [-0.15, -0.1) is 0 Å². The first-order valence-corrected chi connectivity index (χ1v) is 7.22. The van der Waals surface area contributed by atoms with Crippen molar-refractivity contribution < 1.29 is 0 Å². The van der Waals surface area contributed by atoms with Crippen LogP contribution in [-0.4, -0.2) is 35.1 Å². The minimum atomic E-state index is 0.720. The van der Waals surface area contributed by atoms with Crippen molar-refractivity contribution in [1.82, 2.24) is 15.2 Å². The highest BCUT2D eigenvalue weighted by atomic mass is 15.2. The fourth-order valence-electron chi connectivity index (χ4n) is 3.34. The summed E-state index contributed by atoms with van der Waals surface area (Å²) in [6, 6.07) is 5.79. The topological polar surface area (TPSA) is 28.2 Å². The van der Waals surface area contributed by atoms with Crippen molar-refractivity contribution in [3.05, 3.63) is 29.6 Å². The number of rotatable bonds is 3. The van der Waals surface area contributed by atoms with E-state index in [1.165, 1.54) is 50.0 Å². The van der Waals surface area contributed by atoms with E-state index < -0.39 is 0 Å². The van der Waals surface area contributed by atoms with Gasteiger partial charge in [0.1, 0.15) is 0 Å². The fourth-order valence-corrected chi connectivity index (χ4v) is 3.34. The molecule has 0 amide bonds. The Morgan fingerprint density at radius 2 is 2.28 bits per heavy atom. The number of hydrogen-bond donors (Lipinski definition) is 1. The second-order valence-corrected chi connectivity index (χ2v) is 5.71. The molecule has 1 N–H and O–H groups in total. The van der Waals surface area contributed by atoms with Crippen molar-refractivity contribution in [3.63, 3.8) is 0 Å². The molecule has 2 unspecified atom stereocenters. The van der Waals surface area contributed by atoms with Gasteiger partial charge in [-0.05, 0) is 57.3 Å². The molecule has 0 radical (unpaired) electrons. The van der Waals surface area contributed by atoms with Crippen molar-refractivity contribution in [2.24, 2.45) is 0 Å². The summed E-state index contributed by atoms with van der Waals surface area (Å²) in [5, 5.41) is 3.66. The molecule has 0 aromatic carbocycles. The van der Waals surface area contributed by atoms with Gasteiger partial charge in [0.25, 0.3) is 0 Å². The lowest BCUT2D eigenvalue weighted by Crippen LogP contribution is -2.43. The molecular weight excluding hydrogens is 222 g/mol. The minimum Gasteiger partial charge on any atom is -0.312 e. The zero-order valence-electron chi connectivity index (χ0n) is 11.2. The molecule has 2 aliphatic rings. The highest BCUT2D eigenvalue weighted by Crippen LogP contribution is 2.26. The third kappa shape index (κ3) is 2.57. The molecule has 18 heavy (non-hydrogen) atoms. The summed E-state index contributed by atoms with van der Waals surface area (Å²) in [5.41, 5.74) is 2.46. The number of hydrogen-bond acceptors (Lipinski definition) is 3. The van der Waals surface area contributed by atoms with Gasteiger partial charge in [-0.25, -0.2) is 0 Å². The summed E-state index contributed by atoms with van der Waals surface area (Å²) >= 11 is 0. The van der Waals surface area contributed by atoms with Gasteiger partial charge in [0, 0.05) is 24.8 Å². The Morgan fingerprint density at radius 1 is 1.33 bits per heavy atom. The highest BCUT2D eigenvalue weighted by molar-refractivity contribution is 5.12. The molecule has 3 heterocycles. The molecule has 2 saturated heterocycles. The monoisotopic (exact) mass is 245 g/mol. The SMILES string of the molecule is Cc1ccc(CN2CCCC2C2CCCN2)nc1. The molecule has 2 fully saturated rings. The van der Waals surface area contributed by atoms with Crippen LogP contribution in [-0.2, 0) is 6.54 Å². The number of nitrogens with one attached hydrogen (secondary N) is 1. The second kappa shape index (κ2) is 5.37. The fraction of sp³-hybridized carbons (Fsp3) is 0.667. The van der Waals surface area contributed by atoms with Crippen molar-refractivity contribution in [3.8, 4) is 0 Å². The van der Waals surface area contributed by atoms with Crippen LogP contribution < -0.4 is 5.32 Å². The summed E-state index contributed by atoms with van der Waals surface area (Å²) in [6.45, 7) is 5.55. The van der Waals surface area contributed by atoms with Gasteiger partial charge in [-0.3, -0.25) is 9.88 Å². The summed E-state index contributed by atoms with van der Waals surface area (Å²) in [4.78, 5) is 7.17. The van der Waals surface area contributed by atoms with Gasteiger partial charge >= 0.3 is 0 Å². The molecule has 1 aromatic heterocycles. The Kier molecular flexibility index (Phi) is 3.62. The van der Waals surface area contributed by atoms with Gasteiger partial charge in [-0.2, -0.15) is 0 Å². The molecule has 0 saturated carbocycles. The standard InChI is InChI=1S/C15H23N3/c1-12-6-7-13(17-10-12)11-18-9-3-5-15(18)14-4-2-8-16-14/h6-7,10,14-16H,2-5,8-9,11H2,1H3. The summed E-state index contributed by atoms with van der Waals surface area (Å²) < 4.78 is 0. The Bertz CT molecular complexity index is 381. The number of aromatic nitrogens is 1. The molecule has 98 valence electrons. The van der Waals surface area contributed by atoms with Crippen LogP contribution in [0.5, 0.6) is 0 Å². The van der Waals surface area contributed by atoms with Gasteiger partial charge in [-0.1, -0.05) is 6.07 Å². The smallest absolute Gasteiger partial charge is 0.0544 e. The molecule has 3 rings (SSSR count). The molecule has 3 heteroatoms. The number of nitrogens with zero attached hydrogens (tertiary/aromatic N) is 2. The molecule has 2 aliphatic heterocycles. The predicted octanol–water partition coefficient (Wildman–Crippen LogP) is 2.11. The van der Waals surface area contributed by atoms with Crippen molar-refractivity contribution in [2.75, 3.05) is 13.1 Å². The highest BCUT2D eigenvalue weighted by Gasteiger charge is 2.33. The van der Waals surface area contributed by atoms with E-state index in [1.54, 1.807) is 0 Å². The molecule has 2 atom stereocenters. The van der Waals surface area contributed by atoms with Crippen LogP contribution >= 0.6 is 0 Å². The average molecular weight is 245 g/mol. The van der Waals surface area contributed by atoms with Crippen LogP contribution in [0.1, 0.15) is 36.9 Å². The Morgan fingerprint density at radius 3 is 3.00 bits per heavy atom. The van der Waals surface area contributed by atoms with E-state index in [0.29, 0.717) is 0 Å². The van der Waals surface area contributed by atoms with Gasteiger partial charge < -0.3 is 5.32 Å².